The fraction of sp³-hybridized carbons (Fsp3) is 0.400. The molecule has 5 heterocycles. The van der Waals surface area contributed by atoms with Crippen LogP contribution in [-0.4, -0.2) is 61.8 Å². The lowest BCUT2D eigenvalue weighted by Gasteiger charge is -2.51. The third-order valence-corrected chi connectivity index (χ3v) is 13.8. The lowest BCUT2D eigenvalue weighted by Crippen LogP contribution is -2.50. The van der Waals surface area contributed by atoms with Crippen molar-refractivity contribution in [1.82, 2.24) is 30.3 Å². The van der Waals surface area contributed by atoms with Crippen LogP contribution >= 0.6 is 22.9 Å². The highest BCUT2D eigenvalue weighted by Crippen LogP contribution is 2.51. The van der Waals surface area contributed by atoms with Gasteiger partial charge < -0.3 is 15.0 Å². The van der Waals surface area contributed by atoms with E-state index in [9.17, 15) is 4.79 Å². The van der Waals surface area contributed by atoms with E-state index in [2.05, 4.69) is 91.2 Å². The second-order valence-corrected chi connectivity index (χ2v) is 17.8. The summed E-state index contributed by atoms with van der Waals surface area (Å²) in [5.74, 6) is 10.4. The summed E-state index contributed by atoms with van der Waals surface area (Å²) < 4.78 is 8.26. The number of piperidine rings is 1. The number of ether oxygens (including phenoxy) is 1. The molecular weight excluding hydrogens is 766 g/mol. The van der Waals surface area contributed by atoms with Crippen LogP contribution in [-0.2, 0) is 6.54 Å². The van der Waals surface area contributed by atoms with Crippen LogP contribution in [0, 0.1) is 55.3 Å². The normalized spacial score (nSPS) is 22.3. The molecule has 13 heteroatoms. The Balaban J connectivity index is 0.764. The molecule has 1 spiro atoms. The second kappa shape index (κ2) is 15.7. The van der Waals surface area contributed by atoms with Crippen molar-refractivity contribution in [3.8, 4) is 28.7 Å². The number of nitrogens with zero attached hydrogens (tertiary/aromatic N) is 8. The van der Waals surface area contributed by atoms with Crippen molar-refractivity contribution in [1.29, 1.82) is 5.26 Å². The van der Waals surface area contributed by atoms with Gasteiger partial charge in [0.05, 0.1) is 22.4 Å². The molecule has 9 rings (SSSR count). The van der Waals surface area contributed by atoms with Gasteiger partial charge in [0, 0.05) is 52.7 Å². The summed E-state index contributed by atoms with van der Waals surface area (Å²) in [7, 11) is 0. The van der Waals surface area contributed by atoms with Gasteiger partial charge >= 0.3 is 0 Å². The number of amides is 1. The number of hydrogen-bond donors (Lipinski definition) is 1. The summed E-state index contributed by atoms with van der Waals surface area (Å²) >= 11 is 7.94. The number of nitrogens with one attached hydrogen (secondary N) is 1. The Morgan fingerprint density at radius 1 is 1.00 bits per heavy atom. The molecular formula is C45H44ClN9O2S. The predicted octanol–water partition coefficient (Wildman–Crippen LogP) is 8.09. The fourth-order valence-corrected chi connectivity index (χ4v) is 10.5. The smallest absolute Gasteiger partial charge is 0.272 e. The van der Waals surface area contributed by atoms with Crippen LogP contribution < -0.4 is 15.0 Å². The SMILES string of the molecule is Cc1sc2c(c1C)C(c1ccc(C#CC3CC4(CCCN(c5ccc(C(=O)N[C@H]6CC[C@H](Oc7ccc(C#N)c(Cl)c7)CC6)nn5)C4)C3)cc1)=NCc1nnc(C)n1-2. The van der Waals surface area contributed by atoms with Crippen molar-refractivity contribution in [2.45, 2.75) is 90.8 Å². The number of aryl methyl sites for hydroxylation is 2. The zero-order chi connectivity index (χ0) is 40.0. The van der Waals surface area contributed by atoms with E-state index in [0.29, 0.717) is 34.5 Å². The van der Waals surface area contributed by atoms with Crippen molar-refractivity contribution in [3.05, 3.63) is 110 Å². The summed E-state index contributed by atoms with van der Waals surface area (Å²) in [6, 6.07) is 19.5. The molecule has 4 aliphatic rings. The second-order valence-electron chi connectivity index (χ2n) is 16.2. The molecule has 294 valence electrons. The number of carbonyl (C=O) groups excluding carboxylic acids is 1. The number of thiophene rings is 1. The van der Waals surface area contributed by atoms with Crippen LogP contribution in [0.1, 0.15) is 106 Å². The lowest BCUT2D eigenvalue weighted by molar-refractivity contribution is 0.0684. The van der Waals surface area contributed by atoms with E-state index in [1.165, 1.54) is 22.4 Å². The standard InChI is InChI=1S/C45H44ClN9O2S/c1-27-28(2)58-44-41(27)42(48-25-40-53-50-29(3)55(40)44)32-9-7-30(8-10-32)5-6-31-22-45(23-31)19-4-20-54(26-45)39-18-17-38(51-52-39)43(56)49-34-12-15-35(16-13-34)57-36-14-11-33(24-47)37(46)21-36/h7-11,14,17-18,21,31,34-35H,4,12-13,15-16,19-20,22-23,25-26H2,1-3H3,(H,49,56)/t31?,34-,35-,45?. The van der Waals surface area contributed by atoms with Gasteiger partial charge in [-0.25, -0.2) is 0 Å². The summed E-state index contributed by atoms with van der Waals surface area (Å²) in [6.45, 7) is 8.70. The number of halogens is 1. The molecule has 1 amide bonds. The van der Waals surface area contributed by atoms with Gasteiger partial charge in [-0.2, -0.15) is 5.26 Å². The number of benzene rings is 2. The number of aromatic nitrogens is 5. The van der Waals surface area contributed by atoms with E-state index in [1.54, 1.807) is 35.6 Å². The zero-order valence-corrected chi connectivity index (χ0v) is 34.5. The van der Waals surface area contributed by atoms with Gasteiger partial charge in [0.2, 0.25) is 0 Å². The first-order valence-corrected chi connectivity index (χ1v) is 21.3. The first kappa shape index (κ1) is 38.0. The number of rotatable bonds is 6. The Bertz CT molecular complexity index is 2510. The average Bonchev–Trinajstić information content (AvgIpc) is 3.68. The Labute approximate surface area is 347 Å². The third kappa shape index (κ3) is 7.47. The summed E-state index contributed by atoms with van der Waals surface area (Å²) in [6.07, 6.45) is 7.71. The number of carbonyl (C=O) groups is 1. The molecule has 2 saturated carbocycles. The molecule has 11 nitrogen and oxygen atoms in total. The monoisotopic (exact) mass is 809 g/mol. The predicted molar refractivity (Wildman–Crippen MR) is 225 cm³/mol. The highest BCUT2D eigenvalue weighted by molar-refractivity contribution is 7.15. The van der Waals surface area contributed by atoms with E-state index >= 15 is 0 Å². The van der Waals surface area contributed by atoms with Crippen LogP contribution in [0.25, 0.3) is 5.00 Å². The maximum atomic E-state index is 13.1. The zero-order valence-electron chi connectivity index (χ0n) is 32.9. The van der Waals surface area contributed by atoms with E-state index in [-0.39, 0.29) is 23.5 Å². The molecule has 2 aromatic carbocycles. The molecule has 5 aromatic rings. The quantitative estimate of drug-likeness (QED) is 0.170. The van der Waals surface area contributed by atoms with Crippen LogP contribution in [0.15, 0.2) is 59.6 Å². The minimum atomic E-state index is -0.200. The van der Waals surface area contributed by atoms with Crippen molar-refractivity contribution in [3.63, 3.8) is 0 Å². The minimum absolute atomic E-state index is 0.0355. The number of nitriles is 1. The van der Waals surface area contributed by atoms with Crippen LogP contribution in [0.2, 0.25) is 5.02 Å². The average molecular weight is 810 g/mol. The van der Waals surface area contributed by atoms with Crippen molar-refractivity contribution in [2.24, 2.45) is 16.3 Å². The van der Waals surface area contributed by atoms with Crippen molar-refractivity contribution in [2.75, 3.05) is 18.0 Å². The van der Waals surface area contributed by atoms with Crippen molar-refractivity contribution >= 4 is 40.4 Å². The van der Waals surface area contributed by atoms with Gasteiger partial charge in [0.15, 0.2) is 17.3 Å². The molecule has 2 aliphatic carbocycles. The first-order valence-electron chi connectivity index (χ1n) is 20.1. The van der Waals surface area contributed by atoms with Crippen LogP contribution in [0.5, 0.6) is 5.75 Å². The van der Waals surface area contributed by atoms with Crippen LogP contribution in [0.3, 0.4) is 0 Å². The van der Waals surface area contributed by atoms with E-state index in [0.717, 1.165) is 97.3 Å². The molecule has 3 fully saturated rings. The Morgan fingerprint density at radius 3 is 2.55 bits per heavy atom. The summed E-state index contributed by atoms with van der Waals surface area (Å²) in [4.78, 5) is 21.7. The number of hydrogen-bond acceptors (Lipinski definition) is 10. The molecule has 0 unspecified atom stereocenters. The number of fused-ring (bicyclic) bond motifs is 3. The highest BCUT2D eigenvalue weighted by atomic mass is 35.5. The molecule has 1 saturated heterocycles. The molecule has 2 aliphatic heterocycles. The first-order chi connectivity index (χ1) is 28.1. The Morgan fingerprint density at radius 2 is 1.81 bits per heavy atom. The molecule has 3 aromatic heterocycles. The van der Waals surface area contributed by atoms with E-state index in [4.69, 9.17) is 26.6 Å². The van der Waals surface area contributed by atoms with Gasteiger partial charge in [-0.05, 0) is 120 Å². The van der Waals surface area contributed by atoms with Gasteiger partial charge in [0.25, 0.3) is 5.91 Å². The highest BCUT2D eigenvalue weighted by Gasteiger charge is 2.46. The summed E-state index contributed by atoms with van der Waals surface area (Å²) in [5, 5.41) is 31.4. The Kier molecular flexibility index (Phi) is 10.3. The minimum Gasteiger partial charge on any atom is -0.490 e. The lowest BCUT2D eigenvalue weighted by atomic mass is 9.58. The van der Waals surface area contributed by atoms with Crippen LogP contribution in [0.4, 0.5) is 5.82 Å². The van der Waals surface area contributed by atoms with E-state index in [1.807, 2.05) is 13.0 Å². The molecule has 58 heavy (non-hydrogen) atoms. The molecule has 0 atom stereocenters. The number of aliphatic imine (C=N–C) groups is 1. The largest absolute Gasteiger partial charge is 0.490 e. The van der Waals surface area contributed by atoms with E-state index < -0.39 is 0 Å². The molecule has 0 radical (unpaired) electrons. The Hall–Kier alpha value is -5.56. The van der Waals surface area contributed by atoms with Crippen molar-refractivity contribution < 1.29 is 9.53 Å². The number of anilines is 1. The van der Waals surface area contributed by atoms with Gasteiger partial charge in [-0.3, -0.25) is 14.4 Å². The third-order valence-electron chi connectivity index (χ3n) is 12.3. The van der Waals surface area contributed by atoms with Gasteiger partial charge in [0.1, 0.15) is 29.2 Å². The maximum absolute atomic E-state index is 13.1. The fourth-order valence-electron chi connectivity index (χ4n) is 9.06. The maximum Gasteiger partial charge on any atom is 0.272 e. The topological polar surface area (TPSA) is 134 Å². The van der Waals surface area contributed by atoms with Gasteiger partial charge in [-0.1, -0.05) is 35.6 Å². The summed E-state index contributed by atoms with van der Waals surface area (Å²) in [5.41, 5.74) is 6.52. The molecule has 1 N–H and O–H groups in total. The van der Waals surface area contributed by atoms with Gasteiger partial charge in [-0.15, -0.1) is 31.7 Å². The molecule has 0 bridgehead atoms.